The second-order valence-electron chi connectivity index (χ2n) is 2.62. The Labute approximate surface area is 88.6 Å². The maximum atomic E-state index is 12.5. The van der Waals surface area contributed by atoms with Gasteiger partial charge in [-0.3, -0.25) is 0 Å². The van der Waals surface area contributed by atoms with Gasteiger partial charge in [-0.05, 0) is 12.1 Å². The molecule has 0 fully saturated rings. The lowest BCUT2D eigenvalue weighted by molar-refractivity contribution is -0.137. The Morgan fingerprint density at radius 3 is 2.21 bits per heavy atom. The summed E-state index contributed by atoms with van der Waals surface area (Å²) < 4.78 is 37.4. The van der Waals surface area contributed by atoms with Crippen LogP contribution in [0, 0.1) is 0 Å². The van der Waals surface area contributed by atoms with Crippen molar-refractivity contribution in [3.63, 3.8) is 0 Å². The third-order valence-electron chi connectivity index (χ3n) is 1.72. The van der Waals surface area contributed by atoms with Gasteiger partial charge >= 0.3 is 6.18 Å². The van der Waals surface area contributed by atoms with Crippen LogP contribution in [0.1, 0.15) is 11.1 Å². The summed E-state index contributed by atoms with van der Waals surface area (Å²) in [4.78, 5) is 0. The van der Waals surface area contributed by atoms with Gasteiger partial charge in [0.15, 0.2) is 0 Å². The number of nitrogen functional groups attached to an aromatic ring is 1. The molecular formula is C8H6Cl2F3N. The summed E-state index contributed by atoms with van der Waals surface area (Å²) in [5.74, 6) is -0.318. The minimum absolute atomic E-state index is 0.00303. The van der Waals surface area contributed by atoms with E-state index in [1.54, 1.807) is 0 Å². The number of halogens is 5. The molecule has 1 rings (SSSR count). The molecule has 0 amide bonds. The summed E-state index contributed by atoms with van der Waals surface area (Å²) in [5.41, 5.74) is 4.23. The van der Waals surface area contributed by atoms with E-state index in [4.69, 9.17) is 28.9 Å². The maximum absolute atomic E-state index is 12.5. The molecule has 6 heteroatoms. The normalized spacial score (nSPS) is 11.8. The summed E-state index contributed by atoms with van der Waals surface area (Å²) in [5, 5.41) is -0.387. The molecule has 0 radical (unpaired) electrons. The van der Waals surface area contributed by atoms with Gasteiger partial charge in [0.05, 0.1) is 16.5 Å². The van der Waals surface area contributed by atoms with Gasteiger partial charge < -0.3 is 5.73 Å². The Balaban J connectivity index is 3.46. The molecule has 78 valence electrons. The Kier molecular flexibility index (Phi) is 3.17. The monoisotopic (exact) mass is 243 g/mol. The van der Waals surface area contributed by atoms with Crippen LogP contribution in [0.3, 0.4) is 0 Å². The third-order valence-corrected chi connectivity index (χ3v) is 2.30. The number of rotatable bonds is 1. The van der Waals surface area contributed by atoms with Crippen molar-refractivity contribution in [1.29, 1.82) is 0 Å². The van der Waals surface area contributed by atoms with Crippen LogP contribution in [0.5, 0.6) is 0 Å². The van der Waals surface area contributed by atoms with E-state index in [-0.39, 0.29) is 22.2 Å². The van der Waals surface area contributed by atoms with Crippen molar-refractivity contribution in [2.24, 2.45) is 0 Å². The van der Waals surface area contributed by atoms with E-state index in [0.717, 1.165) is 6.07 Å². The fourth-order valence-corrected chi connectivity index (χ4v) is 1.66. The lowest BCUT2D eigenvalue weighted by Gasteiger charge is -2.14. The molecular weight excluding hydrogens is 238 g/mol. The molecule has 0 spiro atoms. The summed E-state index contributed by atoms with van der Waals surface area (Å²) >= 11 is 10.8. The van der Waals surface area contributed by atoms with Crippen molar-refractivity contribution in [3.05, 3.63) is 28.3 Å². The van der Waals surface area contributed by atoms with Gasteiger partial charge in [-0.25, -0.2) is 0 Å². The van der Waals surface area contributed by atoms with Crippen molar-refractivity contribution in [1.82, 2.24) is 0 Å². The Hall–Kier alpha value is -0.610. The Morgan fingerprint density at radius 2 is 1.86 bits per heavy atom. The fraction of sp³-hybridized carbons (Fsp3) is 0.250. The van der Waals surface area contributed by atoms with Crippen LogP contribution in [-0.2, 0) is 12.1 Å². The number of alkyl halides is 4. The van der Waals surface area contributed by atoms with Gasteiger partial charge in [0.25, 0.3) is 0 Å². The highest BCUT2D eigenvalue weighted by molar-refractivity contribution is 6.31. The van der Waals surface area contributed by atoms with E-state index < -0.39 is 11.7 Å². The highest BCUT2D eigenvalue weighted by atomic mass is 35.5. The standard InChI is InChI=1S/C8H6Cl2F3N/c9-3-4-6(14)2-1-5(10)7(4)8(11,12)13/h1-2H,3,14H2. The maximum Gasteiger partial charge on any atom is 0.418 e. The lowest BCUT2D eigenvalue weighted by Crippen LogP contribution is -2.11. The summed E-state index contributed by atoms with van der Waals surface area (Å²) in [6, 6.07) is 2.41. The second-order valence-corrected chi connectivity index (χ2v) is 3.30. The van der Waals surface area contributed by atoms with Gasteiger partial charge in [-0.2, -0.15) is 13.2 Å². The van der Waals surface area contributed by atoms with Gasteiger partial charge in [0.2, 0.25) is 0 Å². The number of hydrogen-bond donors (Lipinski definition) is 1. The highest BCUT2D eigenvalue weighted by Gasteiger charge is 2.36. The van der Waals surface area contributed by atoms with Crippen LogP contribution in [0.2, 0.25) is 5.02 Å². The van der Waals surface area contributed by atoms with Gasteiger partial charge in [0.1, 0.15) is 0 Å². The minimum Gasteiger partial charge on any atom is -0.398 e. The van der Waals surface area contributed by atoms with Crippen LogP contribution >= 0.6 is 23.2 Å². The number of nitrogens with two attached hydrogens (primary N) is 1. The van der Waals surface area contributed by atoms with Crippen molar-refractivity contribution in [3.8, 4) is 0 Å². The van der Waals surface area contributed by atoms with Crippen LogP contribution in [-0.4, -0.2) is 0 Å². The summed E-state index contributed by atoms with van der Waals surface area (Å²) in [6.07, 6.45) is -4.53. The first-order valence-electron chi connectivity index (χ1n) is 3.58. The summed E-state index contributed by atoms with van der Waals surface area (Å²) in [6.45, 7) is 0. The first kappa shape index (κ1) is 11.5. The van der Waals surface area contributed by atoms with Crippen molar-refractivity contribution >= 4 is 28.9 Å². The molecule has 1 aromatic carbocycles. The van der Waals surface area contributed by atoms with E-state index >= 15 is 0 Å². The first-order chi connectivity index (χ1) is 6.38. The smallest absolute Gasteiger partial charge is 0.398 e. The van der Waals surface area contributed by atoms with Gasteiger partial charge in [-0.1, -0.05) is 11.6 Å². The van der Waals surface area contributed by atoms with Gasteiger partial charge in [0, 0.05) is 11.3 Å². The minimum atomic E-state index is -4.53. The number of anilines is 1. The zero-order valence-corrected chi connectivity index (χ0v) is 8.34. The molecule has 0 unspecified atom stereocenters. The molecule has 14 heavy (non-hydrogen) atoms. The van der Waals surface area contributed by atoms with Crippen molar-refractivity contribution < 1.29 is 13.2 Å². The molecule has 0 saturated carbocycles. The third kappa shape index (κ3) is 2.07. The molecule has 0 aromatic heterocycles. The Bertz CT molecular complexity index is 349. The SMILES string of the molecule is Nc1ccc(Cl)c(C(F)(F)F)c1CCl. The zero-order valence-electron chi connectivity index (χ0n) is 6.83. The van der Waals surface area contributed by atoms with Crippen LogP contribution in [0.15, 0.2) is 12.1 Å². The summed E-state index contributed by atoms with van der Waals surface area (Å²) in [7, 11) is 0. The molecule has 1 nitrogen and oxygen atoms in total. The average molecular weight is 244 g/mol. The molecule has 2 N–H and O–H groups in total. The lowest BCUT2D eigenvalue weighted by atomic mass is 10.1. The molecule has 0 aliphatic carbocycles. The quantitative estimate of drug-likeness (QED) is 0.591. The average Bonchev–Trinajstić information content (AvgIpc) is 2.06. The predicted octanol–water partition coefficient (Wildman–Crippen LogP) is 3.68. The first-order valence-corrected chi connectivity index (χ1v) is 4.49. The van der Waals surface area contributed by atoms with Crippen LogP contribution in [0.25, 0.3) is 0 Å². The molecule has 0 atom stereocenters. The fourth-order valence-electron chi connectivity index (χ4n) is 1.09. The topological polar surface area (TPSA) is 26.0 Å². The van der Waals surface area contributed by atoms with Crippen molar-refractivity contribution in [2.75, 3.05) is 5.73 Å². The van der Waals surface area contributed by atoms with E-state index in [1.807, 2.05) is 0 Å². The molecule has 0 aliphatic heterocycles. The molecule has 0 bridgehead atoms. The van der Waals surface area contributed by atoms with Crippen molar-refractivity contribution in [2.45, 2.75) is 12.1 Å². The Morgan fingerprint density at radius 1 is 1.29 bits per heavy atom. The van der Waals surface area contributed by atoms with E-state index in [1.165, 1.54) is 6.07 Å². The molecule has 0 aliphatic rings. The van der Waals surface area contributed by atoms with E-state index in [0.29, 0.717) is 0 Å². The predicted molar refractivity (Wildman–Crippen MR) is 50.4 cm³/mol. The van der Waals surface area contributed by atoms with E-state index in [9.17, 15) is 13.2 Å². The van der Waals surface area contributed by atoms with Crippen LogP contribution < -0.4 is 5.73 Å². The second kappa shape index (κ2) is 3.87. The largest absolute Gasteiger partial charge is 0.418 e. The number of benzene rings is 1. The molecule has 1 aromatic rings. The molecule has 0 saturated heterocycles. The molecule has 0 heterocycles. The zero-order chi connectivity index (χ0) is 10.9. The van der Waals surface area contributed by atoms with Gasteiger partial charge in [-0.15, -0.1) is 11.6 Å². The number of hydrogen-bond acceptors (Lipinski definition) is 1. The van der Waals surface area contributed by atoms with Crippen LogP contribution in [0.4, 0.5) is 18.9 Å². The highest BCUT2D eigenvalue weighted by Crippen LogP contribution is 2.39. The van der Waals surface area contributed by atoms with E-state index in [2.05, 4.69) is 0 Å².